The number of hydrogen-bond acceptors (Lipinski definition) is 16. The lowest BCUT2D eigenvalue weighted by atomic mass is 9.86. The molecule has 0 unspecified atom stereocenters. The number of aliphatic hydroxyl groups excluding tert-OH is 4. The fraction of sp³-hybridized carbons (Fsp3) is 0.382. The maximum Gasteiger partial charge on any atom is 0.337 e. The van der Waals surface area contributed by atoms with Crippen LogP contribution < -0.4 is 0 Å². The van der Waals surface area contributed by atoms with Crippen LogP contribution in [-0.4, -0.2) is 118 Å². The number of benzene rings is 2. The largest absolute Gasteiger partial charge is 0.508 e. The van der Waals surface area contributed by atoms with Gasteiger partial charge in [0.2, 0.25) is 6.29 Å². The zero-order valence-electron chi connectivity index (χ0n) is 26.7. The van der Waals surface area contributed by atoms with Gasteiger partial charge in [0.1, 0.15) is 36.8 Å². The molecule has 0 aliphatic carbocycles. The van der Waals surface area contributed by atoms with Crippen LogP contribution in [0, 0.1) is 5.92 Å². The first kappa shape index (κ1) is 37.8. The summed E-state index contributed by atoms with van der Waals surface area (Å²) in [5.41, 5.74) is 1.07. The number of carbonyl (C=O) groups excluding carboxylic acids is 3. The van der Waals surface area contributed by atoms with Crippen molar-refractivity contribution in [2.45, 2.75) is 49.8 Å². The molecule has 7 atom stereocenters. The fourth-order valence-electron chi connectivity index (χ4n) is 5.11. The van der Waals surface area contributed by atoms with E-state index in [1.165, 1.54) is 42.5 Å². The predicted molar refractivity (Wildman–Crippen MR) is 169 cm³/mol. The Kier molecular flexibility index (Phi) is 13.3. The van der Waals surface area contributed by atoms with Gasteiger partial charge in [-0.25, -0.2) is 9.59 Å². The summed E-state index contributed by atoms with van der Waals surface area (Å²) in [5.74, 6) is -4.18. The SMILES string of the molecule is COC(=O)C1=CO[C@@H](O[C@@H]2O[C@H](COC(=O)C=Cc3ccc(O)cc3)[C@@H](O)[C@H](O)[C@H]2O)C(=CCO)[C@@H]1CC(=O)OCCc1ccc(O)c(O)c1. The number of methoxy groups -OCH3 is 1. The fourth-order valence-corrected chi connectivity index (χ4v) is 5.11. The van der Waals surface area contributed by atoms with Gasteiger partial charge in [-0.2, -0.15) is 0 Å². The lowest BCUT2D eigenvalue weighted by molar-refractivity contribution is -0.328. The molecule has 0 amide bonds. The first-order valence-corrected chi connectivity index (χ1v) is 15.3. The predicted octanol–water partition coefficient (Wildman–Crippen LogP) is 0.308. The van der Waals surface area contributed by atoms with Crippen molar-refractivity contribution >= 4 is 24.0 Å². The number of phenols is 3. The molecule has 0 aromatic heterocycles. The van der Waals surface area contributed by atoms with Gasteiger partial charge in [0.25, 0.3) is 0 Å². The normalized spacial score (nSPS) is 25.8. The van der Waals surface area contributed by atoms with Crippen LogP contribution in [0.2, 0.25) is 0 Å². The van der Waals surface area contributed by atoms with Gasteiger partial charge in [-0.3, -0.25) is 4.79 Å². The molecule has 2 heterocycles. The highest BCUT2D eigenvalue weighted by atomic mass is 16.8. The number of ether oxygens (including phenoxy) is 6. The second-order valence-corrected chi connectivity index (χ2v) is 11.2. The van der Waals surface area contributed by atoms with E-state index in [2.05, 4.69) is 0 Å². The summed E-state index contributed by atoms with van der Waals surface area (Å²) in [6.07, 6.45) is -5.57. The molecule has 270 valence electrons. The van der Waals surface area contributed by atoms with Gasteiger partial charge < -0.3 is 64.2 Å². The van der Waals surface area contributed by atoms with Crippen LogP contribution in [-0.2, 0) is 49.2 Å². The van der Waals surface area contributed by atoms with E-state index < -0.39 is 80.5 Å². The third-order valence-electron chi connectivity index (χ3n) is 7.80. The second-order valence-electron chi connectivity index (χ2n) is 11.2. The van der Waals surface area contributed by atoms with Crippen LogP contribution in [0.4, 0.5) is 0 Å². The summed E-state index contributed by atoms with van der Waals surface area (Å²) >= 11 is 0. The molecule has 1 saturated heterocycles. The average Bonchev–Trinajstić information content (AvgIpc) is 3.10. The van der Waals surface area contributed by atoms with Crippen LogP contribution in [0.3, 0.4) is 0 Å². The van der Waals surface area contributed by atoms with E-state index in [9.17, 15) is 50.1 Å². The molecule has 2 aromatic carbocycles. The van der Waals surface area contributed by atoms with E-state index in [-0.39, 0.29) is 41.4 Å². The van der Waals surface area contributed by atoms with Crippen molar-refractivity contribution in [1.82, 2.24) is 0 Å². The summed E-state index contributed by atoms with van der Waals surface area (Å²) in [5, 5.41) is 70.1. The van der Waals surface area contributed by atoms with Gasteiger partial charge in [0.15, 0.2) is 17.8 Å². The van der Waals surface area contributed by atoms with E-state index in [0.29, 0.717) is 11.1 Å². The van der Waals surface area contributed by atoms with Gasteiger partial charge in [0.05, 0.1) is 38.6 Å². The zero-order chi connectivity index (χ0) is 36.4. The van der Waals surface area contributed by atoms with Gasteiger partial charge in [-0.05, 0) is 41.5 Å². The molecular weight excluding hydrogens is 664 g/mol. The molecule has 0 radical (unpaired) electrons. The molecular formula is C34H38O16. The quantitative estimate of drug-likeness (QED) is 0.0488. The number of hydrogen-bond donors (Lipinski definition) is 7. The Balaban J connectivity index is 1.43. The van der Waals surface area contributed by atoms with Crippen molar-refractivity contribution in [2.75, 3.05) is 26.9 Å². The molecule has 50 heavy (non-hydrogen) atoms. The molecule has 4 rings (SSSR count). The Morgan fingerprint density at radius 1 is 0.920 bits per heavy atom. The van der Waals surface area contributed by atoms with Crippen LogP contribution in [0.15, 0.2) is 72.0 Å². The molecule has 2 aliphatic heterocycles. The first-order valence-electron chi connectivity index (χ1n) is 15.3. The van der Waals surface area contributed by atoms with E-state index in [0.717, 1.165) is 19.4 Å². The van der Waals surface area contributed by atoms with E-state index in [4.69, 9.17) is 28.4 Å². The standard InChI is InChI=1S/C34H38O16/c1-45-32(44)23-16-48-33(21(10-12-35)22(23)15-28(40)46-13-11-19-4-8-24(37)25(38)14-19)50-34-31(43)30(42)29(41)26(49-34)17-47-27(39)9-5-18-2-6-20(36)7-3-18/h2-10,14,16,22,26,29-31,33-38,41-43H,11-13,15,17H2,1H3/t22-,26+,29+,30-,31+,33-,34-/m0/s1. The summed E-state index contributed by atoms with van der Waals surface area (Å²) < 4.78 is 32.3. The number of aromatic hydroxyl groups is 3. The van der Waals surface area contributed by atoms with E-state index >= 15 is 0 Å². The molecule has 0 saturated carbocycles. The van der Waals surface area contributed by atoms with Crippen molar-refractivity contribution in [3.8, 4) is 17.2 Å². The minimum Gasteiger partial charge on any atom is -0.508 e. The second kappa shape index (κ2) is 17.6. The van der Waals surface area contributed by atoms with Crippen molar-refractivity contribution in [2.24, 2.45) is 5.92 Å². The Labute approximate surface area is 285 Å². The third kappa shape index (κ3) is 9.81. The molecule has 16 heteroatoms. The minimum absolute atomic E-state index is 0.0366. The molecule has 1 fully saturated rings. The third-order valence-corrected chi connectivity index (χ3v) is 7.80. The van der Waals surface area contributed by atoms with Crippen LogP contribution >= 0.6 is 0 Å². The highest BCUT2D eigenvalue weighted by Crippen LogP contribution is 2.36. The highest BCUT2D eigenvalue weighted by molar-refractivity contribution is 5.90. The number of esters is 3. The van der Waals surface area contributed by atoms with E-state index in [1.807, 2.05) is 0 Å². The topological polar surface area (TPSA) is 248 Å². The van der Waals surface area contributed by atoms with Crippen molar-refractivity contribution in [3.05, 3.63) is 83.2 Å². The summed E-state index contributed by atoms with van der Waals surface area (Å²) in [6, 6.07) is 10.1. The molecule has 0 bridgehead atoms. The minimum atomic E-state index is -1.85. The number of rotatable bonds is 13. The van der Waals surface area contributed by atoms with Gasteiger partial charge in [0, 0.05) is 24.0 Å². The van der Waals surface area contributed by atoms with Gasteiger partial charge in [-0.1, -0.05) is 24.3 Å². The smallest absolute Gasteiger partial charge is 0.337 e. The van der Waals surface area contributed by atoms with E-state index in [1.54, 1.807) is 12.1 Å². The molecule has 7 N–H and O–H groups in total. The molecule has 2 aromatic rings. The van der Waals surface area contributed by atoms with Crippen molar-refractivity contribution in [1.29, 1.82) is 0 Å². The summed E-state index contributed by atoms with van der Waals surface area (Å²) in [7, 11) is 1.11. The van der Waals surface area contributed by atoms with Crippen LogP contribution in [0.5, 0.6) is 17.2 Å². The average molecular weight is 703 g/mol. The lowest BCUT2D eigenvalue weighted by Gasteiger charge is -2.42. The maximum atomic E-state index is 12.9. The first-order chi connectivity index (χ1) is 23.9. The maximum absolute atomic E-state index is 12.9. The Hall–Kier alpha value is -4.97. The van der Waals surface area contributed by atoms with Crippen LogP contribution in [0.25, 0.3) is 6.08 Å². The molecule has 16 nitrogen and oxygen atoms in total. The molecule has 2 aliphatic rings. The summed E-state index contributed by atoms with van der Waals surface area (Å²) in [4.78, 5) is 37.8. The Morgan fingerprint density at radius 2 is 1.66 bits per heavy atom. The van der Waals surface area contributed by atoms with Crippen molar-refractivity contribution in [3.63, 3.8) is 0 Å². The van der Waals surface area contributed by atoms with Crippen molar-refractivity contribution < 1.29 is 78.6 Å². The highest BCUT2D eigenvalue weighted by Gasteiger charge is 2.47. The van der Waals surface area contributed by atoms with Gasteiger partial charge >= 0.3 is 17.9 Å². The summed E-state index contributed by atoms with van der Waals surface area (Å²) in [6.45, 7) is -1.29. The zero-order valence-corrected chi connectivity index (χ0v) is 26.7. The molecule has 0 spiro atoms. The monoisotopic (exact) mass is 702 g/mol. The number of carbonyl (C=O) groups is 3. The Morgan fingerprint density at radius 3 is 2.34 bits per heavy atom. The van der Waals surface area contributed by atoms with Crippen LogP contribution in [0.1, 0.15) is 17.5 Å². The Bertz CT molecular complexity index is 1580. The van der Waals surface area contributed by atoms with Gasteiger partial charge in [-0.15, -0.1) is 0 Å². The lowest BCUT2D eigenvalue weighted by Crippen LogP contribution is -2.60. The number of aliphatic hydroxyl groups is 4. The number of phenolic OH excluding ortho intramolecular Hbond substituents is 3.